The van der Waals surface area contributed by atoms with Crippen molar-refractivity contribution in [3.8, 4) is 0 Å². The van der Waals surface area contributed by atoms with E-state index in [9.17, 15) is 4.79 Å². The Hall–Kier alpha value is -2.44. The van der Waals surface area contributed by atoms with E-state index in [2.05, 4.69) is 27.4 Å². The summed E-state index contributed by atoms with van der Waals surface area (Å²) in [5.41, 5.74) is 1.04. The van der Waals surface area contributed by atoms with Gasteiger partial charge in [0.15, 0.2) is 5.76 Å². The van der Waals surface area contributed by atoms with E-state index < -0.39 is 0 Å². The molecular weight excluding hydrogens is 370 g/mol. The lowest BCUT2D eigenvalue weighted by Gasteiger charge is -2.38. The number of likely N-dealkylation sites (tertiary alicyclic amines) is 1. The van der Waals surface area contributed by atoms with Crippen molar-refractivity contribution in [2.24, 2.45) is 0 Å². The summed E-state index contributed by atoms with van der Waals surface area (Å²) in [6.07, 6.45) is 8.22. The van der Waals surface area contributed by atoms with Crippen molar-refractivity contribution >= 4 is 17.2 Å². The fourth-order valence-corrected chi connectivity index (χ4v) is 4.47. The van der Waals surface area contributed by atoms with Crippen LogP contribution in [0, 0.1) is 0 Å². The summed E-state index contributed by atoms with van der Waals surface area (Å²) in [6, 6.07) is 12.0. The van der Waals surface area contributed by atoms with Crippen LogP contribution in [-0.2, 0) is 13.0 Å². The van der Waals surface area contributed by atoms with Crippen LogP contribution in [0.1, 0.15) is 33.8 Å². The number of carbonyl (C=O) groups is 1. The highest BCUT2D eigenvalue weighted by atomic mass is 32.1. The molecule has 0 atom stereocenters. The third-order valence-corrected chi connectivity index (χ3v) is 6.26. The van der Waals surface area contributed by atoms with Crippen molar-refractivity contribution in [2.45, 2.75) is 31.8 Å². The number of nitrogens with zero attached hydrogens (tertiary/aromatic N) is 3. The quantitative estimate of drug-likeness (QED) is 0.605. The molecule has 4 rings (SSSR count). The molecule has 0 N–H and O–H groups in total. The first-order valence-corrected chi connectivity index (χ1v) is 10.7. The number of pyridine rings is 1. The largest absolute Gasteiger partial charge is 0.459 e. The van der Waals surface area contributed by atoms with Gasteiger partial charge in [-0.1, -0.05) is 12.1 Å². The number of carbonyl (C=O) groups excluding carboxylic acids is 1. The second-order valence-electron chi connectivity index (χ2n) is 7.17. The molecule has 5 nitrogen and oxygen atoms in total. The zero-order chi connectivity index (χ0) is 19.2. The highest BCUT2D eigenvalue weighted by Gasteiger charge is 2.29. The average molecular weight is 396 g/mol. The molecule has 28 heavy (non-hydrogen) atoms. The molecule has 0 aromatic carbocycles. The van der Waals surface area contributed by atoms with Gasteiger partial charge in [-0.25, -0.2) is 0 Å². The number of amides is 1. The molecule has 0 spiro atoms. The van der Waals surface area contributed by atoms with Gasteiger partial charge < -0.3 is 14.2 Å². The Morgan fingerprint density at radius 3 is 2.79 bits per heavy atom. The van der Waals surface area contributed by atoms with Crippen LogP contribution in [0.5, 0.6) is 0 Å². The number of rotatable bonds is 7. The zero-order valence-corrected chi connectivity index (χ0v) is 16.7. The predicted molar refractivity (Wildman–Crippen MR) is 110 cm³/mol. The Morgan fingerprint density at radius 1 is 1.21 bits per heavy atom. The Kier molecular flexibility index (Phi) is 6.19. The molecule has 3 aromatic rings. The van der Waals surface area contributed by atoms with Crippen molar-refractivity contribution in [1.29, 1.82) is 0 Å². The molecule has 1 saturated heterocycles. The summed E-state index contributed by atoms with van der Waals surface area (Å²) >= 11 is 1.82. The monoisotopic (exact) mass is 395 g/mol. The van der Waals surface area contributed by atoms with Crippen molar-refractivity contribution in [2.75, 3.05) is 19.6 Å². The smallest absolute Gasteiger partial charge is 0.290 e. The molecule has 1 fully saturated rings. The van der Waals surface area contributed by atoms with Gasteiger partial charge >= 0.3 is 0 Å². The van der Waals surface area contributed by atoms with E-state index in [1.165, 1.54) is 4.88 Å². The van der Waals surface area contributed by atoms with Crippen LogP contribution in [0.3, 0.4) is 0 Å². The van der Waals surface area contributed by atoms with Gasteiger partial charge in [0.05, 0.1) is 6.26 Å². The van der Waals surface area contributed by atoms with Gasteiger partial charge in [0.1, 0.15) is 0 Å². The van der Waals surface area contributed by atoms with Gasteiger partial charge in [0, 0.05) is 49.5 Å². The standard InChI is InChI=1S/C22H25N3O2S/c26-22(21-6-2-14-27-21)25(17-18-4-1-10-23-16-18)19-7-11-24(12-8-19)13-9-20-5-3-15-28-20/h1-6,10,14-16,19H,7-9,11-13,17H2. The van der Waals surface area contributed by atoms with Gasteiger partial charge in [-0.15, -0.1) is 11.3 Å². The third-order valence-electron chi connectivity index (χ3n) is 5.32. The van der Waals surface area contributed by atoms with Gasteiger partial charge in [-0.2, -0.15) is 0 Å². The van der Waals surface area contributed by atoms with Crippen LogP contribution in [0.2, 0.25) is 0 Å². The minimum Gasteiger partial charge on any atom is -0.459 e. The maximum Gasteiger partial charge on any atom is 0.290 e. The van der Waals surface area contributed by atoms with Crippen molar-refractivity contribution in [1.82, 2.24) is 14.8 Å². The Labute approximate surface area is 169 Å². The number of furan rings is 1. The van der Waals surface area contributed by atoms with E-state index in [1.54, 1.807) is 24.6 Å². The first-order valence-electron chi connectivity index (χ1n) is 9.78. The number of aromatic nitrogens is 1. The summed E-state index contributed by atoms with van der Waals surface area (Å²) in [4.78, 5) is 23.2. The number of thiophene rings is 1. The highest BCUT2D eigenvalue weighted by Crippen LogP contribution is 2.22. The summed E-state index contributed by atoms with van der Waals surface area (Å²) in [5.74, 6) is 0.370. The zero-order valence-electron chi connectivity index (χ0n) is 15.9. The Bertz CT molecular complexity index is 841. The third kappa shape index (κ3) is 4.69. The second kappa shape index (κ2) is 9.17. The van der Waals surface area contributed by atoms with Crippen LogP contribution in [-0.4, -0.2) is 46.4 Å². The first kappa shape index (κ1) is 18.9. The normalized spacial score (nSPS) is 15.6. The van der Waals surface area contributed by atoms with Crippen molar-refractivity contribution in [3.05, 3.63) is 76.6 Å². The molecule has 3 aromatic heterocycles. The van der Waals surface area contributed by atoms with Crippen LogP contribution >= 0.6 is 11.3 Å². The Balaban J connectivity index is 1.39. The summed E-state index contributed by atoms with van der Waals surface area (Å²) in [7, 11) is 0. The van der Waals surface area contributed by atoms with E-state index in [0.29, 0.717) is 12.3 Å². The average Bonchev–Trinajstić information content (AvgIpc) is 3.45. The molecule has 1 amide bonds. The minimum absolute atomic E-state index is 0.0362. The first-order chi connectivity index (χ1) is 13.8. The van der Waals surface area contributed by atoms with E-state index in [1.807, 2.05) is 34.6 Å². The topological polar surface area (TPSA) is 49.6 Å². The minimum atomic E-state index is -0.0362. The molecule has 0 saturated carbocycles. The van der Waals surface area contributed by atoms with Gasteiger partial charge in [0.2, 0.25) is 0 Å². The van der Waals surface area contributed by atoms with Crippen LogP contribution < -0.4 is 0 Å². The molecule has 1 aliphatic heterocycles. The lowest BCUT2D eigenvalue weighted by molar-refractivity contribution is 0.0520. The van der Waals surface area contributed by atoms with Crippen molar-refractivity contribution in [3.63, 3.8) is 0 Å². The van der Waals surface area contributed by atoms with Gasteiger partial charge in [-0.3, -0.25) is 9.78 Å². The SMILES string of the molecule is O=C(c1ccco1)N(Cc1cccnc1)C1CCN(CCc2cccs2)CC1. The summed E-state index contributed by atoms with van der Waals surface area (Å²) in [5, 5.41) is 2.14. The fraction of sp³-hybridized carbons (Fsp3) is 0.364. The van der Waals surface area contributed by atoms with Gasteiger partial charge in [-0.05, 0) is 54.5 Å². The molecule has 0 aliphatic carbocycles. The number of piperidine rings is 1. The predicted octanol–water partition coefficient (Wildman–Crippen LogP) is 4.09. The molecule has 6 heteroatoms. The van der Waals surface area contributed by atoms with Gasteiger partial charge in [0.25, 0.3) is 5.91 Å². The van der Waals surface area contributed by atoms with Crippen molar-refractivity contribution < 1.29 is 9.21 Å². The molecule has 0 unspecified atom stereocenters. The van der Waals surface area contributed by atoms with Crippen LogP contribution in [0.4, 0.5) is 0 Å². The molecule has 0 radical (unpaired) electrons. The number of hydrogen-bond donors (Lipinski definition) is 0. The van der Waals surface area contributed by atoms with E-state index >= 15 is 0 Å². The lowest BCUT2D eigenvalue weighted by atomic mass is 10.0. The lowest BCUT2D eigenvalue weighted by Crippen LogP contribution is -2.47. The summed E-state index contributed by atoms with van der Waals surface area (Å²) in [6.45, 7) is 3.69. The van der Waals surface area contributed by atoms with Crippen LogP contribution in [0.25, 0.3) is 0 Å². The summed E-state index contributed by atoms with van der Waals surface area (Å²) < 4.78 is 5.39. The molecule has 146 valence electrons. The second-order valence-corrected chi connectivity index (χ2v) is 8.21. The van der Waals surface area contributed by atoms with E-state index in [4.69, 9.17) is 4.42 Å². The van der Waals surface area contributed by atoms with E-state index in [0.717, 1.165) is 44.5 Å². The Morgan fingerprint density at radius 2 is 2.11 bits per heavy atom. The van der Waals surface area contributed by atoms with E-state index in [-0.39, 0.29) is 11.9 Å². The molecular formula is C22H25N3O2S. The fourth-order valence-electron chi connectivity index (χ4n) is 3.77. The highest BCUT2D eigenvalue weighted by molar-refractivity contribution is 7.09. The molecule has 1 aliphatic rings. The maximum atomic E-state index is 13.1. The molecule has 4 heterocycles. The number of hydrogen-bond acceptors (Lipinski definition) is 5. The van der Waals surface area contributed by atoms with Crippen LogP contribution in [0.15, 0.2) is 64.9 Å². The maximum absolute atomic E-state index is 13.1. The molecule has 0 bridgehead atoms.